The van der Waals surface area contributed by atoms with Crippen molar-refractivity contribution in [2.24, 2.45) is 35.0 Å². The molecule has 1 aliphatic heterocycles. The average Bonchev–Trinajstić information content (AvgIpc) is 3.31. The van der Waals surface area contributed by atoms with E-state index in [1.807, 2.05) is 13.2 Å². The van der Waals surface area contributed by atoms with E-state index in [9.17, 15) is 19.2 Å². The van der Waals surface area contributed by atoms with Crippen molar-refractivity contribution in [3.8, 4) is 0 Å². The molecule has 3 aliphatic rings. The van der Waals surface area contributed by atoms with Crippen molar-refractivity contribution < 1.29 is 19.2 Å². The molecule has 2 bridgehead atoms. The first-order chi connectivity index (χ1) is 14.5. The summed E-state index contributed by atoms with van der Waals surface area (Å²) in [5.41, 5.74) is 0.0853. The van der Waals surface area contributed by atoms with Gasteiger partial charge in [-0.1, -0.05) is 34.1 Å². The third kappa shape index (κ3) is 5.61. The Bertz CT molecular complexity index is 728. The Morgan fingerprint density at radius 1 is 1.16 bits per heavy atom. The lowest BCUT2D eigenvalue weighted by Crippen LogP contribution is -2.42. The topological polar surface area (TPSA) is 71.5 Å². The van der Waals surface area contributed by atoms with E-state index in [-0.39, 0.29) is 35.2 Å². The lowest BCUT2D eigenvalue weighted by molar-refractivity contribution is -0.147. The summed E-state index contributed by atoms with van der Waals surface area (Å²) in [4.78, 5) is 53.8. The molecular weight excluding hydrogens is 410 g/mol. The van der Waals surface area contributed by atoms with Crippen LogP contribution >= 0.6 is 11.8 Å². The van der Waals surface area contributed by atoms with Gasteiger partial charge in [-0.3, -0.25) is 24.1 Å². The second-order valence-corrected chi connectivity index (χ2v) is 12.4. The molecule has 0 aromatic rings. The van der Waals surface area contributed by atoms with E-state index >= 15 is 0 Å². The smallest absolute Gasteiger partial charge is 0.248 e. The van der Waals surface area contributed by atoms with Crippen molar-refractivity contribution in [3.63, 3.8) is 0 Å². The number of imide groups is 1. The predicted octanol–water partition coefficient (Wildman–Crippen LogP) is 4.52. The van der Waals surface area contributed by atoms with Gasteiger partial charge in [0.25, 0.3) is 0 Å². The van der Waals surface area contributed by atoms with Crippen LogP contribution in [0.1, 0.15) is 79.1 Å². The molecule has 2 aliphatic carbocycles. The maximum Gasteiger partial charge on any atom is 0.248 e. The van der Waals surface area contributed by atoms with E-state index < -0.39 is 17.9 Å². The van der Waals surface area contributed by atoms with Crippen LogP contribution < -0.4 is 0 Å². The van der Waals surface area contributed by atoms with Gasteiger partial charge in [-0.2, -0.15) is 11.8 Å². The average molecular weight is 450 g/mol. The summed E-state index contributed by atoms with van der Waals surface area (Å²) < 4.78 is 0. The molecule has 3 rings (SSSR count). The van der Waals surface area contributed by atoms with Gasteiger partial charge in [0.05, 0.1) is 0 Å². The SMILES string of the molecule is CSCCC1C(=O)C(C(=O)CC2CC3CCC2C3)C(=O)N1C(=O)CC(C)CC(C)(C)C. The molecule has 5 nitrogen and oxygen atoms in total. The lowest BCUT2D eigenvalue weighted by Gasteiger charge is -2.26. The Labute approximate surface area is 191 Å². The molecule has 6 atom stereocenters. The summed E-state index contributed by atoms with van der Waals surface area (Å²) in [6, 6.07) is -0.775. The molecule has 31 heavy (non-hydrogen) atoms. The number of carbonyl (C=O) groups is 4. The van der Waals surface area contributed by atoms with E-state index in [2.05, 4.69) is 20.8 Å². The Morgan fingerprint density at radius 2 is 1.87 bits per heavy atom. The number of carbonyl (C=O) groups excluding carboxylic acids is 4. The predicted molar refractivity (Wildman–Crippen MR) is 124 cm³/mol. The molecular formula is C25H39NO4S. The summed E-state index contributed by atoms with van der Waals surface area (Å²) in [6.45, 7) is 8.40. The molecule has 0 spiro atoms. The molecule has 1 heterocycles. The zero-order chi connectivity index (χ0) is 22.9. The molecule has 2 amide bonds. The number of amides is 2. The van der Waals surface area contributed by atoms with Gasteiger partial charge in [0, 0.05) is 12.8 Å². The molecule has 3 fully saturated rings. The van der Waals surface area contributed by atoms with Gasteiger partial charge in [-0.25, -0.2) is 0 Å². The number of hydrogen-bond acceptors (Lipinski definition) is 5. The minimum atomic E-state index is -1.26. The third-order valence-electron chi connectivity index (χ3n) is 7.43. The summed E-state index contributed by atoms with van der Waals surface area (Å²) in [7, 11) is 0. The fraction of sp³-hybridized carbons (Fsp3) is 0.840. The lowest BCUT2D eigenvalue weighted by atomic mass is 9.82. The number of Topliss-reactive ketones (excluding diaryl/α,β-unsaturated/α-hetero) is 2. The van der Waals surface area contributed by atoms with Crippen molar-refractivity contribution in [2.75, 3.05) is 12.0 Å². The molecule has 6 heteroatoms. The monoisotopic (exact) mass is 449 g/mol. The summed E-state index contributed by atoms with van der Waals surface area (Å²) in [5.74, 6) is -0.310. The number of hydrogen-bond donors (Lipinski definition) is 0. The van der Waals surface area contributed by atoms with Crippen molar-refractivity contribution >= 4 is 35.1 Å². The highest BCUT2D eigenvalue weighted by molar-refractivity contribution is 7.98. The molecule has 2 saturated carbocycles. The summed E-state index contributed by atoms with van der Waals surface area (Å²) in [6.07, 6.45) is 8.45. The molecule has 0 aromatic carbocycles. The van der Waals surface area contributed by atoms with Crippen LogP contribution in [0.2, 0.25) is 0 Å². The highest BCUT2D eigenvalue weighted by atomic mass is 32.2. The minimum absolute atomic E-state index is 0.0853. The maximum atomic E-state index is 13.2. The van der Waals surface area contributed by atoms with E-state index in [4.69, 9.17) is 0 Å². The van der Waals surface area contributed by atoms with E-state index in [1.165, 1.54) is 24.2 Å². The summed E-state index contributed by atoms with van der Waals surface area (Å²) >= 11 is 1.58. The number of nitrogens with zero attached hydrogens (tertiary/aromatic N) is 1. The van der Waals surface area contributed by atoms with Crippen molar-refractivity contribution in [1.29, 1.82) is 0 Å². The maximum absolute atomic E-state index is 13.2. The van der Waals surface area contributed by atoms with Crippen LogP contribution in [-0.2, 0) is 19.2 Å². The number of rotatable bonds is 9. The van der Waals surface area contributed by atoms with Gasteiger partial charge in [-0.15, -0.1) is 0 Å². The minimum Gasteiger partial charge on any atom is -0.298 e. The second kappa shape index (κ2) is 9.76. The Kier molecular flexibility index (Phi) is 7.71. The normalized spacial score (nSPS) is 31.5. The van der Waals surface area contributed by atoms with E-state index in [1.54, 1.807) is 11.8 Å². The standard InChI is InChI=1S/C25H39NO4S/c1-15(14-25(2,3)4)10-21(28)26-19(8-9-31-5)23(29)22(24(26)30)20(27)13-18-12-16-6-7-17(18)11-16/h15-19,22H,6-14H2,1-5H3. The Balaban J connectivity index is 1.71. The first kappa shape index (κ1) is 24.5. The van der Waals surface area contributed by atoms with Crippen molar-refractivity contribution in [3.05, 3.63) is 0 Å². The van der Waals surface area contributed by atoms with Crippen molar-refractivity contribution in [2.45, 2.75) is 85.1 Å². The first-order valence-corrected chi connectivity index (χ1v) is 13.3. The molecule has 0 radical (unpaired) electrons. The number of ketones is 2. The fourth-order valence-electron chi connectivity index (χ4n) is 6.34. The highest BCUT2D eigenvalue weighted by Crippen LogP contribution is 2.50. The molecule has 6 unspecified atom stereocenters. The molecule has 0 aromatic heterocycles. The van der Waals surface area contributed by atoms with Crippen LogP contribution in [0.3, 0.4) is 0 Å². The molecule has 1 saturated heterocycles. The third-order valence-corrected chi connectivity index (χ3v) is 8.07. The zero-order valence-corrected chi connectivity index (χ0v) is 20.6. The van der Waals surface area contributed by atoms with Gasteiger partial charge >= 0.3 is 0 Å². The van der Waals surface area contributed by atoms with Crippen LogP contribution in [0, 0.1) is 35.0 Å². The van der Waals surface area contributed by atoms with Gasteiger partial charge in [0.15, 0.2) is 17.5 Å². The van der Waals surface area contributed by atoms with E-state index in [0.29, 0.717) is 30.4 Å². The van der Waals surface area contributed by atoms with Gasteiger partial charge in [0.2, 0.25) is 11.8 Å². The van der Waals surface area contributed by atoms with Gasteiger partial charge < -0.3 is 0 Å². The van der Waals surface area contributed by atoms with Crippen LogP contribution in [-0.4, -0.2) is 46.3 Å². The van der Waals surface area contributed by atoms with Crippen LogP contribution in [0.5, 0.6) is 0 Å². The van der Waals surface area contributed by atoms with Crippen molar-refractivity contribution in [1.82, 2.24) is 4.90 Å². The molecule has 0 N–H and O–H groups in total. The quantitative estimate of drug-likeness (QED) is 0.484. The van der Waals surface area contributed by atoms with Crippen LogP contribution in [0.25, 0.3) is 0 Å². The second-order valence-electron chi connectivity index (χ2n) is 11.4. The highest BCUT2D eigenvalue weighted by Gasteiger charge is 2.53. The largest absolute Gasteiger partial charge is 0.298 e. The fourth-order valence-corrected chi connectivity index (χ4v) is 6.80. The number of likely N-dealkylation sites (tertiary alicyclic amines) is 1. The molecule has 174 valence electrons. The van der Waals surface area contributed by atoms with Crippen LogP contribution in [0.4, 0.5) is 0 Å². The van der Waals surface area contributed by atoms with Gasteiger partial charge in [-0.05, 0) is 73.2 Å². The zero-order valence-electron chi connectivity index (χ0n) is 19.8. The number of fused-ring (bicyclic) bond motifs is 2. The van der Waals surface area contributed by atoms with E-state index in [0.717, 1.165) is 18.8 Å². The summed E-state index contributed by atoms with van der Waals surface area (Å²) in [5, 5.41) is 0. The number of thioether (sulfide) groups is 1. The van der Waals surface area contributed by atoms with Crippen LogP contribution in [0.15, 0.2) is 0 Å². The Hall–Kier alpha value is -1.17. The first-order valence-electron chi connectivity index (χ1n) is 11.9. The van der Waals surface area contributed by atoms with Gasteiger partial charge in [0.1, 0.15) is 6.04 Å². The Morgan fingerprint density at radius 3 is 2.42 bits per heavy atom.